The fourth-order valence-corrected chi connectivity index (χ4v) is 2.91. The normalized spacial score (nSPS) is 35.6. The van der Waals surface area contributed by atoms with E-state index in [-0.39, 0.29) is 11.5 Å². The molecule has 80 valence electrons. The van der Waals surface area contributed by atoms with Crippen LogP contribution in [0.25, 0.3) is 0 Å². The van der Waals surface area contributed by atoms with Gasteiger partial charge < -0.3 is 4.74 Å². The Bertz CT molecular complexity index is 320. The molecule has 0 spiro atoms. The van der Waals surface area contributed by atoms with Crippen molar-refractivity contribution in [2.24, 2.45) is 11.8 Å². The zero-order valence-corrected chi connectivity index (χ0v) is 9.15. The minimum Gasteiger partial charge on any atom is -0.372 e. The summed E-state index contributed by atoms with van der Waals surface area (Å²) in [4.78, 5) is 0. The van der Waals surface area contributed by atoms with Crippen LogP contribution in [0.1, 0.15) is 25.7 Å². The summed E-state index contributed by atoms with van der Waals surface area (Å²) >= 11 is 0. The molecule has 1 saturated carbocycles. The fraction of sp³-hybridized carbons (Fsp3) is 0.615. The van der Waals surface area contributed by atoms with Crippen molar-refractivity contribution in [1.29, 1.82) is 5.26 Å². The van der Waals surface area contributed by atoms with Gasteiger partial charge in [0.1, 0.15) is 5.60 Å². The fourth-order valence-electron chi connectivity index (χ4n) is 2.91. The molecule has 0 radical (unpaired) electrons. The molecule has 2 nitrogen and oxygen atoms in total. The van der Waals surface area contributed by atoms with Crippen molar-refractivity contribution in [1.82, 2.24) is 0 Å². The predicted molar refractivity (Wildman–Crippen MR) is 59.1 cm³/mol. The number of rotatable bonds is 2. The molecule has 1 fully saturated rings. The average molecular weight is 203 g/mol. The van der Waals surface area contributed by atoms with Crippen molar-refractivity contribution in [3.63, 3.8) is 0 Å². The van der Waals surface area contributed by atoms with Crippen LogP contribution in [-0.2, 0) is 4.74 Å². The summed E-state index contributed by atoms with van der Waals surface area (Å²) in [5, 5.41) is 9.20. The zero-order chi connectivity index (χ0) is 10.7. The van der Waals surface area contributed by atoms with E-state index in [1.807, 2.05) is 18.2 Å². The van der Waals surface area contributed by atoms with Gasteiger partial charge in [-0.05, 0) is 18.8 Å². The largest absolute Gasteiger partial charge is 0.372 e. The first-order valence-electron chi connectivity index (χ1n) is 5.64. The average Bonchev–Trinajstić information content (AvgIpc) is 2.82. The van der Waals surface area contributed by atoms with Gasteiger partial charge in [0.05, 0.1) is 12.0 Å². The molecule has 0 amide bonds. The van der Waals surface area contributed by atoms with Crippen molar-refractivity contribution in [2.45, 2.75) is 31.3 Å². The molecule has 2 aliphatic rings. The lowest BCUT2D eigenvalue weighted by Crippen LogP contribution is -2.44. The molecule has 15 heavy (non-hydrogen) atoms. The Morgan fingerprint density at radius 3 is 2.67 bits per heavy atom. The van der Waals surface area contributed by atoms with Gasteiger partial charge in [0.25, 0.3) is 0 Å². The van der Waals surface area contributed by atoms with Crippen molar-refractivity contribution in [3.05, 3.63) is 24.3 Å². The Morgan fingerprint density at radius 2 is 2.07 bits per heavy atom. The van der Waals surface area contributed by atoms with Crippen LogP contribution in [0.15, 0.2) is 24.3 Å². The maximum absolute atomic E-state index is 9.20. The highest BCUT2D eigenvalue weighted by Crippen LogP contribution is 2.43. The highest BCUT2D eigenvalue weighted by atomic mass is 16.5. The van der Waals surface area contributed by atoms with Crippen LogP contribution in [0.2, 0.25) is 0 Å². The van der Waals surface area contributed by atoms with Gasteiger partial charge in [0, 0.05) is 7.11 Å². The number of hydrogen-bond donors (Lipinski definition) is 0. The summed E-state index contributed by atoms with van der Waals surface area (Å²) in [6.07, 6.45) is 12.9. The standard InChI is InChI=1S/C13H17NO/c1-15-13(11-6-2-3-7-11)9-5-4-8-12(13)10-14/h4-5,8-9,11-12H,2-3,6-7H2,1H3. The third-order valence-corrected chi connectivity index (χ3v) is 3.74. The molecular weight excluding hydrogens is 186 g/mol. The molecule has 2 atom stereocenters. The number of nitriles is 1. The maximum Gasteiger partial charge on any atom is 0.108 e. The third-order valence-electron chi connectivity index (χ3n) is 3.74. The van der Waals surface area contributed by atoms with E-state index in [4.69, 9.17) is 4.74 Å². The van der Waals surface area contributed by atoms with Gasteiger partial charge in [-0.1, -0.05) is 37.1 Å². The number of ether oxygens (including phenoxy) is 1. The molecule has 2 heteroatoms. The van der Waals surface area contributed by atoms with Crippen LogP contribution >= 0.6 is 0 Å². The summed E-state index contributed by atoms with van der Waals surface area (Å²) in [6, 6.07) is 2.36. The summed E-state index contributed by atoms with van der Waals surface area (Å²) < 4.78 is 5.71. The van der Waals surface area contributed by atoms with Crippen molar-refractivity contribution in [3.8, 4) is 6.07 Å². The van der Waals surface area contributed by atoms with Gasteiger partial charge in [-0.15, -0.1) is 0 Å². The molecule has 2 aliphatic carbocycles. The first kappa shape index (κ1) is 10.4. The second-order valence-electron chi connectivity index (χ2n) is 4.39. The molecule has 0 aromatic carbocycles. The Kier molecular flexibility index (Phi) is 2.93. The smallest absolute Gasteiger partial charge is 0.108 e. The van der Waals surface area contributed by atoms with E-state index in [9.17, 15) is 5.26 Å². The molecule has 0 aliphatic heterocycles. The van der Waals surface area contributed by atoms with Gasteiger partial charge in [0.2, 0.25) is 0 Å². The van der Waals surface area contributed by atoms with Crippen LogP contribution in [0.3, 0.4) is 0 Å². The summed E-state index contributed by atoms with van der Waals surface area (Å²) in [6.45, 7) is 0. The molecule has 2 rings (SSSR count). The highest BCUT2D eigenvalue weighted by Gasteiger charge is 2.44. The highest BCUT2D eigenvalue weighted by molar-refractivity contribution is 5.28. The predicted octanol–water partition coefficient (Wildman–Crippen LogP) is 2.83. The molecular formula is C13H17NO. The molecule has 0 aromatic heterocycles. The van der Waals surface area contributed by atoms with Crippen LogP contribution in [0.4, 0.5) is 0 Å². The third kappa shape index (κ3) is 1.61. The maximum atomic E-state index is 9.20. The Hall–Kier alpha value is -1.07. The molecule has 0 N–H and O–H groups in total. The van der Waals surface area contributed by atoms with E-state index in [2.05, 4.69) is 12.1 Å². The van der Waals surface area contributed by atoms with Crippen LogP contribution in [0.5, 0.6) is 0 Å². The molecule has 0 aromatic rings. The number of nitrogens with zero attached hydrogens (tertiary/aromatic N) is 1. The monoisotopic (exact) mass is 203 g/mol. The molecule has 0 saturated heterocycles. The van der Waals surface area contributed by atoms with E-state index in [0.717, 1.165) is 0 Å². The summed E-state index contributed by atoms with van der Waals surface area (Å²) in [5.74, 6) is 0.379. The SMILES string of the molecule is COC1(C2CCCC2)C=CC=CC1C#N. The lowest BCUT2D eigenvalue weighted by molar-refractivity contribution is -0.0347. The second-order valence-corrected chi connectivity index (χ2v) is 4.39. The second kappa shape index (κ2) is 4.20. The Morgan fingerprint density at radius 1 is 1.33 bits per heavy atom. The quantitative estimate of drug-likeness (QED) is 0.691. The van der Waals surface area contributed by atoms with E-state index >= 15 is 0 Å². The molecule has 0 heterocycles. The zero-order valence-electron chi connectivity index (χ0n) is 9.15. The van der Waals surface area contributed by atoms with Gasteiger partial charge in [-0.25, -0.2) is 0 Å². The Balaban J connectivity index is 2.30. The van der Waals surface area contributed by atoms with Gasteiger partial charge in [-0.2, -0.15) is 5.26 Å². The van der Waals surface area contributed by atoms with Gasteiger partial charge in [-0.3, -0.25) is 0 Å². The van der Waals surface area contributed by atoms with Crippen LogP contribution < -0.4 is 0 Å². The van der Waals surface area contributed by atoms with Gasteiger partial charge in [0.15, 0.2) is 0 Å². The number of methoxy groups -OCH3 is 1. The number of allylic oxidation sites excluding steroid dienone is 2. The lowest BCUT2D eigenvalue weighted by atomic mass is 9.74. The van der Waals surface area contributed by atoms with E-state index in [0.29, 0.717) is 5.92 Å². The van der Waals surface area contributed by atoms with Crippen molar-refractivity contribution >= 4 is 0 Å². The van der Waals surface area contributed by atoms with Crippen LogP contribution in [-0.4, -0.2) is 12.7 Å². The first-order valence-corrected chi connectivity index (χ1v) is 5.64. The summed E-state index contributed by atoms with van der Waals surface area (Å²) in [7, 11) is 1.73. The van der Waals surface area contributed by atoms with E-state index in [1.54, 1.807) is 7.11 Å². The minimum absolute atomic E-state index is 0.129. The number of hydrogen-bond acceptors (Lipinski definition) is 2. The molecule has 2 unspecified atom stereocenters. The first-order chi connectivity index (χ1) is 7.33. The van der Waals surface area contributed by atoms with Crippen molar-refractivity contribution in [2.75, 3.05) is 7.11 Å². The van der Waals surface area contributed by atoms with Crippen molar-refractivity contribution < 1.29 is 4.74 Å². The lowest BCUT2D eigenvalue weighted by Gasteiger charge is -2.39. The van der Waals surface area contributed by atoms with E-state index in [1.165, 1.54) is 25.7 Å². The topological polar surface area (TPSA) is 33.0 Å². The Labute approximate surface area is 91.2 Å². The minimum atomic E-state index is -0.361. The van der Waals surface area contributed by atoms with Gasteiger partial charge >= 0.3 is 0 Å². The molecule has 0 bridgehead atoms. The summed E-state index contributed by atoms with van der Waals surface area (Å²) in [5.41, 5.74) is -0.361. The van der Waals surface area contributed by atoms with E-state index < -0.39 is 0 Å². The van der Waals surface area contributed by atoms with Crippen LogP contribution in [0, 0.1) is 23.2 Å².